The number of aromatic nitrogens is 4. The maximum atomic E-state index is 13.1. The first-order valence-electron chi connectivity index (χ1n) is 15.1. The molecule has 1 aliphatic carbocycles. The van der Waals surface area contributed by atoms with Gasteiger partial charge in [0.1, 0.15) is 22.8 Å². The number of rotatable bonds is 5. The van der Waals surface area contributed by atoms with E-state index in [1.54, 1.807) is 47.3 Å². The van der Waals surface area contributed by atoms with Crippen LogP contribution in [0.4, 0.5) is 22.2 Å². The predicted molar refractivity (Wildman–Crippen MR) is 162 cm³/mol. The quantitative estimate of drug-likeness (QED) is 0.458. The molecule has 12 nitrogen and oxygen atoms in total. The van der Waals surface area contributed by atoms with Gasteiger partial charge in [-0.05, 0) is 63.6 Å². The third kappa shape index (κ3) is 5.87. The van der Waals surface area contributed by atoms with Crippen LogP contribution in [0.1, 0.15) is 69.4 Å². The molecule has 3 aromatic rings. The van der Waals surface area contributed by atoms with Gasteiger partial charge in [-0.3, -0.25) is 9.59 Å². The molecule has 0 unspecified atom stereocenters. The van der Waals surface area contributed by atoms with Crippen molar-refractivity contribution in [1.29, 1.82) is 0 Å². The Morgan fingerprint density at radius 1 is 1.02 bits per heavy atom. The normalized spacial score (nSPS) is 20.9. The van der Waals surface area contributed by atoms with Gasteiger partial charge < -0.3 is 29.3 Å². The number of hydrogen-bond donors (Lipinski definition) is 1. The molecule has 3 fully saturated rings. The molecule has 2 saturated heterocycles. The van der Waals surface area contributed by atoms with Crippen molar-refractivity contribution in [3.05, 3.63) is 36.3 Å². The second-order valence-electron chi connectivity index (χ2n) is 13.2. The molecule has 0 radical (unpaired) electrons. The zero-order chi connectivity index (χ0) is 30.5. The lowest BCUT2D eigenvalue weighted by Crippen LogP contribution is -2.44. The molecule has 228 valence electrons. The third-order valence-electron chi connectivity index (χ3n) is 8.57. The summed E-state index contributed by atoms with van der Waals surface area (Å²) in [6, 6.07) is 5.78. The summed E-state index contributed by atoms with van der Waals surface area (Å²) in [5.74, 6) is 1.23. The number of nitrogens with one attached hydrogen (secondary N) is 1. The van der Waals surface area contributed by atoms with Crippen LogP contribution in [-0.4, -0.2) is 86.6 Å². The van der Waals surface area contributed by atoms with Crippen molar-refractivity contribution in [3.63, 3.8) is 0 Å². The highest BCUT2D eigenvalue weighted by molar-refractivity contribution is 5.98. The third-order valence-corrected chi connectivity index (χ3v) is 8.57. The molecule has 43 heavy (non-hydrogen) atoms. The van der Waals surface area contributed by atoms with Gasteiger partial charge >= 0.3 is 6.09 Å². The highest BCUT2D eigenvalue weighted by Crippen LogP contribution is 2.36. The van der Waals surface area contributed by atoms with Crippen LogP contribution >= 0.6 is 0 Å². The van der Waals surface area contributed by atoms with E-state index in [-0.39, 0.29) is 35.8 Å². The number of pyridine rings is 1. The fourth-order valence-corrected chi connectivity index (χ4v) is 6.50. The Morgan fingerprint density at radius 3 is 2.44 bits per heavy atom. The lowest BCUT2D eigenvalue weighted by molar-refractivity contribution is -0.121. The molecule has 12 heteroatoms. The highest BCUT2D eigenvalue weighted by atomic mass is 16.6. The van der Waals surface area contributed by atoms with Gasteiger partial charge in [-0.1, -0.05) is 12.8 Å². The molecule has 2 aliphatic heterocycles. The van der Waals surface area contributed by atoms with Crippen molar-refractivity contribution < 1.29 is 19.1 Å². The molecular formula is C31H40N8O4. The molecular weight excluding hydrogens is 548 g/mol. The first-order valence-corrected chi connectivity index (χ1v) is 15.1. The summed E-state index contributed by atoms with van der Waals surface area (Å²) in [6.45, 7) is 7.21. The molecule has 0 spiro atoms. The van der Waals surface area contributed by atoms with Gasteiger partial charge in [-0.2, -0.15) is 4.98 Å². The molecule has 1 N–H and O–H groups in total. The van der Waals surface area contributed by atoms with E-state index in [1.807, 2.05) is 32.9 Å². The van der Waals surface area contributed by atoms with Crippen molar-refractivity contribution in [3.8, 4) is 0 Å². The van der Waals surface area contributed by atoms with Gasteiger partial charge in [0.25, 0.3) is 5.91 Å². The zero-order valence-electron chi connectivity index (χ0n) is 25.5. The van der Waals surface area contributed by atoms with E-state index >= 15 is 0 Å². The summed E-state index contributed by atoms with van der Waals surface area (Å²) in [5, 5.41) is 4.01. The minimum Gasteiger partial charge on any atom is -0.444 e. The van der Waals surface area contributed by atoms with Gasteiger partial charge in [0.05, 0.1) is 11.9 Å². The standard InChI is InChI=1S/C31H40N8O4/c1-31(2,3)43-30(42)37-16-20-13-26(40)38(18-21(20)17-37)23-10-11-25(32-15-23)34-29-33-14-19-12-24(28(41)36(4)5)39(27(19)35-29)22-8-6-7-9-22/h10-12,14-15,20-22H,6-9,13,16-18H2,1-5H3,(H,32,33,34,35)/t20-,21-/m0/s1. The van der Waals surface area contributed by atoms with Crippen LogP contribution < -0.4 is 10.2 Å². The van der Waals surface area contributed by atoms with Crippen LogP contribution in [0.25, 0.3) is 11.0 Å². The average molecular weight is 589 g/mol. The summed E-state index contributed by atoms with van der Waals surface area (Å²) in [7, 11) is 3.52. The first-order chi connectivity index (χ1) is 20.5. The molecule has 0 bridgehead atoms. The Labute approximate surface area is 251 Å². The smallest absolute Gasteiger partial charge is 0.410 e. The van der Waals surface area contributed by atoms with E-state index in [4.69, 9.17) is 9.72 Å². The SMILES string of the molecule is CN(C)C(=O)c1cc2cnc(Nc3ccc(N4C[C@@H]5CN(C(=O)OC(C)(C)C)C[C@@H]5CC4=O)cn3)nc2n1C1CCCC1. The number of amides is 3. The second kappa shape index (κ2) is 11.1. The summed E-state index contributed by atoms with van der Waals surface area (Å²) in [5.41, 5.74) is 1.52. The topological polar surface area (TPSA) is 126 Å². The fraction of sp³-hybridized carbons (Fsp3) is 0.548. The van der Waals surface area contributed by atoms with Gasteiger partial charge in [-0.25, -0.2) is 14.8 Å². The Balaban J connectivity index is 1.17. The molecule has 0 aromatic carbocycles. The highest BCUT2D eigenvalue weighted by Gasteiger charge is 2.43. The lowest BCUT2D eigenvalue weighted by atomic mass is 9.88. The van der Waals surface area contributed by atoms with Gasteiger partial charge in [-0.15, -0.1) is 0 Å². The second-order valence-corrected chi connectivity index (χ2v) is 13.2. The van der Waals surface area contributed by atoms with E-state index < -0.39 is 5.60 Å². The summed E-state index contributed by atoms with van der Waals surface area (Å²) in [6.07, 6.45) is 7.78. The molecule has 3 aliphatic rings. The molecule has 3 aromatic heterocycles. The number of carbonyl (C=O) groups is 3. The number of likely N-dealkylation sites (tertiary alicyclic amines) is 1. The molecule has 1 saturated carbocycles. The van der Waals surface area contributed by atoms with Crippen LogP contribution in [-0.2, 0) is 9.53 Å². The number of piperidine rings is 1. The minimum absolute atomic E-state index is 0.0272. The molecule has 6 rings (SSSR count). The number of nitrogens with zero attached hydrogens (tertiary/aromatic N) is 7. The van der Waals surface area contributed by atoms with Crippen molar-refractivity contribution in [2.45, 2.75) is 64.5 Å². The van der Waals surface area contributed by atoms with Crippen molar-refractivity contribution in [2.24, 2.45) is 11.8 Å². The van der Waals surface area contributed by atoms with E-state index in [0.717, 1.165) is 36.7 Å². The van der Waals surface area contributed by atoms with Gasteiger partial charge in [0.15, 0.2) is 0 Å². The maximum absolute atomic E-state index is 13.1. The average Bonchev–Trinajstić information content (AvgIpc) is 3.70. The monoisotopic (exact) mass is 588 g/mol. The summed E-state index contributed by atoms with van der Waals surface area (Å²) in [4.78, 5) is 57.6. The molecule has 2 atom stereocenters. The van der Waals surface area contributed by atoms with E-state index in [0.29, 0.717) is 49.2 Å². The largest absolute Gasteiger partial charge is 0.444 e. The van der Waals surface area contributed by atoms with E-state index in [2.05, 4.69) is 19.9 Å². The summed E-state index contributed by atoms with van der Waals surface area (Å²) < 4.78 is 7.63. The van der Waals surface area contributed by atoms with Crippen LogP contribution in [0.15, 0.2) is 30.6 Å². The van der Waals surface area contributed by atoms with Gasteiger partial charge in [0.2, 0.25) is 11.9 Å². The Kier molecular flexibility index (Phi) is 7.47. The number of anilines is 3. The van der Waals surface area contributed by atoms with Crippen LogP contribution in [0, 0.1) is 11.8 Å². The van der Waals surface area contributed by atoms with Crippen LogP contribution in [0.5, 0.6) is 0 Å². The Bertz CT molecular complexity index is 1540. The number of carbonyl (C=O) groups excluding carboxylic acids is 3. The first kappa shape index (κ1) is 28.9. The number of ether oxygens (including phenoxy) is 1. The van der Waals surface area contributed by atoms with Gasteiger partial charge in [0, 0.05) is 57.8 Å². The van der Waals surface area contributed by atoms with E-state index in [1.165, 1.54) is 0 Å². The fourth-order valence-electron chi connectivity index (χ4n) is 6.50. The Morgan fingerprint density at radius 2 is 1.77 bits per heavy atom. The zero-order valence-corrected chi connectivity index (χ0v) is 25.5. The maximum Gasteiger partial charge on any atom is 0.410 e. The van der Waals surface area contributed by atoms with Crippen LogP contribution in [0.2, 0.25) is 0 Å². The Hall–Kier alpha value is -4.22. The van der Waals surface area contributed by atoms with Crippen molar-refractivity contribution in [2.75, 3.05) is 43.9 Å². The predicted octanol–water partition coefficient (Wildman–Crippen LogP) is 4.61. The molecule has 5 heterocycles. The van der Waals surface area contributed by atoms with Crippen molar-refractivity contribution in [1.82, 2.24) is 29.3 Å². The van der Waals surface area contributed by atoms with Crippen molar-refractivity contribution >= 4 is 46.4 Å². The minimum atomic E-state index is -0.556. The lowest BCUT2D eigenvalue weighted by Gasteiger charge is -2.33. The molecule has 3 amide bonds. The number of hydrogen-bond acceptors (Lipinski definition) is 8. The summed E-state index contributed by atoms with van der Waals surface area (Å²) >= 11 is 0. The number of fused-ring (bicyclic) bond motifs is 2. The van der Waals surface area contributed by atoms with E-state index in [9.17, 15) is 14.4 Å². The van der Waals surface area contributed by atoms with Crippen LogP contribution in [0.3, 0.4) is 0 Å².